The van der Waals surface area contributed by atoms with Crippen LogP contribution in [0.5, 0.6) is 5.75 Å². The molecule has 2 aliphatic rings. The Morgan fingerprint density at radius 2 is 1.84 bits per heavy atom. The molecule has 2 saturated carbocycles. The normalized spacial score (nSPS) is 21.2. The average molecular weight is 521 g/mol. The van der Waals surface area contributed by atoms with Crippen LogP contribution in [-0.2, 0) is 0 Å². The molecule has 6 heteroatoms. The number of nitrogens with two attached hydrogens (primary N) is 1. The van der Waals surface area contributed by atoms with E-state index in [-0.39, 0.29) is 18.3 Å². The van der Waals surface area contributed by atoms with Crippen molar-refractivity contribution in [2.45, 2.75) is 88.3 Å². The quantitative estimate of drug-likeness (QED) is 0.341. The molecule has 0 bridgehead atoms. The Kier molecular flexibility index (Phi) is 9.54. The number of nitrogens with one attached hydrogen (secondary N) is 1. The predicted molar refractivity (Wildman–Crippen MR) is 154 cm³/mol. The molecule has 1 heterocycles. The summed E-state index contributed by atoms with van der Waals surface area (Å²) in [5.41, 5.74) is 10.7. The number of halogens is 1. The fraction of sp³-hybridized carbons (Fsp3) is 0.516. The lowest BCUT2D eigenvalue weighted by molar-refractivity contribution is 0.340. The highest BCUT2D eigenvalue weighted by Gasteiger charge is 2.25. The summed E-state index contributed by atoms with van der Waals surface area (Å²) in [6.07, 6.45) is 14.4. The van der Waals surface area contributed by atoms with Crippen LogP contribution in [0.1, 0.15) is 92.9 Å². The van der Waals surface area contributed by atoms with Crippen LogP contribution in [0.2, 0.25) is 0 Å². The van der Waals surface area contributed by atoms with Gasteiger partial charge in [-0.3, -0.25) is 0 Å². The Morgan fingerprint density at radius 3 is 2.57 bits per heavy atom. The maximum absolute atomic E-state index is 9.68. The topological polar surface area (TPSA) is 76.0 Å². The molecular formula is C31H41ClN4O. The number of nitrogens with zero attached hydrogens (tertiary/aromatic N) is 2. The molecule has 0 amide bonds. The summed E-state index contributed by atoms with van der Waals surface area (Å²) in [7, 11) is 1.73. The van der Waals surface area contributed by atoms with Gasteiger partial charge in [-0.25, -0.2) is 0 Å². The van der Waals surface area contributed by atoms with E-state index in [1.807, 2.05) is 12.1 Å². The van der Waals surface area contributed by atoms with E-state index in [1.165, 1.54) is 54.1 Å². The van der Waals surface area contributed by atoms with Gasteiger partial charge in [-0.1, -0.05) is 31.4 Å². The summed E-state index contributed by atoms with van der Waals surface area (Å²) in [4.78, 5) is 0. The van der Waals surface area contributed by atoms with Crippen molar-refractivity contribution in [2.75, 3.05) is 13.7 Å². The zero-order valence-corrected chi connectivity index (χ0v) is 22.8. The summed E-state index contributed by atoms with van der Waals surface area (Å²) in [6.45, 7) is 0.954. The molecule has 2 fully saturated rings. The zero-order chi connectivity index (χ0) is 24.9. The van der Waals surface area contributed by atoms with Crippen LogP contribution in [0.15, 0.2) is 48.7 Å². The van der Waals surface area contributed by atoms with E-state index in [0.717, 1.165) is 50.0 Å². The Balaban J connectivity index is 0.00000320. The Bertz CT molecular complexity index is 1200. The molecule has 198 valence electrons. The van der Waals surface area contributed by atoms with E-state index in [9.17, 15) is 5.26 Å². The standard InChI is InChI=1S/C31H40N4O.ClH/c1-36-27-9-5-6-23(19-27)28(16-17-34-25-13-11-24(33)12-14-25)30-21-35(26-7-3-2-4-8-26)31-15-10-22(20-32)18-29(30)31;/h5-6,9-10,15,18-19,21,24-26,28,34H,2-4,7-8,11-14,16-17,33H2,1H3;1H/t24-,25+,28?;. The zero-order valence-electron chi connectivity index (χ0n) is 22.0. The summed E-state index contributed by atoms with van der Waals surface area (Å²) in [5, 5.41) is 14.7. The van der Waals surface area contributed by atoms with Gasteiger partial charge < -0.3 is 20.4 Å². The second kappa shape index (κ2) is 12.8. The lowest BCUT2D eigenvalue weighted by Crippen LogP contribution is -2.38. The van der Waals surface area contributed by atoms with E-state index >= 15 is 0 Å². The molecule has 1 atom stereocenters. The Hall–Kier alpha value is -2.52. The van der Waals surface area contributed by atoms with Crippen molar-refractivity contribution < 1.29 is 4.74 Å². The van der Waals surface area contributed by atoms with Gasteiger partial charge in [-0.2, -0.15) is 5.26 Å². The number of benzene rings is 2. The molecule has 0 radical (unpaired) electrons. The van der Waals surface area contributed by atoms with Crippen molar-refractivity contribution in [3.63, 3.8) is 0 Å². The number of rotatable bonds is 8. The van der Waals surface area contributed by atoms with Crippen LogP contribution in [-0.4, -0.2) is 30.3 Å². The van der Waals surface area contributed by atoms with Gasteiger partial charge in [-0.15, -0.1) is 12.4 Å². The van der Waals surface area contributed by atoms with Crippen LogP contribution < -0.4 is 15.8 Å². The molecule has 0 spiro atoms. The molecule has 3 N–H and O–H groups in total. The van der Waals surface area contributed by atoms with Gasteiger partial charge in [0.15, 0.2) is 0 Å². The van der Waals surface area contributed by atoms with Gasteiger partial charge in [0.1, 0.15) is 5.75 Å². The van der Waals surface area contributed by atoms with E-state index in [2.05, 4.69) is 52.5 Å². The van der Waals surface area contributed by atoms with Crippen LogP contribution in [0.3, 0.4) is 0 Å². The highest BCUT2D eigenvalue weighted by Crippen LogP contribution is 2.40. The molecule has 37 heavy (non-hydrogen) atoms. The number of ether oxygens (including phenoxy) is 1. The summed E-state index contributed by atoms with van der Waals surface area (Å²) in [6, 6.07) is 18.6. The van der Waals surface area contributed by atoms with Crippen LogP contribution in [0, 0.1) is 11.3 Å². The third kappa shape index (κ3) is 6.32. The lowest BCUT2D eigenvalue weighted by atomic mass is 9.87. The van der Waals surface area contributed by atoms with E-state index < -0.39 is 0 Å². The molecule has 2 aliphatic carbocycles. The molecular weight excluding hydrogens is 480 g/mol. The van der Waals surface area contributed by atoms with Gasteiger partial charge in [0, 0.05) is 41.1 Å². The first kappa shape index (κ1) is 27.5. The molecule has 0 aliphatic heterocycles. The lowest BCUT2D eigenvalue weighted by Gasteiger charge is -2.28. The molecule has 1 unspecified atom stereocenters. The minimum absolute atomic E-state index is 0. The summed E-state index contributed by atoms with van der Waals surface area (Å²) < 4.78 is 8.12. The fourth-order valence-corrected chi connectivity index (χ4v) is 6.40. The van der Waals surface area contributed by atoms with Gasteiger partial charge in [0.05, 0.1) is 18.7 Å². The SMILES string of the molecule is COc1cccc(C(CCN[C@H]2CC[C@@H](N)CC2)c2cn(C3CCCCC3)c3ccc(C#N)cc23)c1.Cl. The van der Waals surface area contributed by atoms with Gasteiger partial charge in [0.2, 0.25) is 0 Å². The number of nitriles is 1. The first-order valence-corrected chi connectivity index (χ1v) is 13.8. The van der Waals surface area contributed by atoms with Crippen molar-refractivity contribution in [3.05, 3.63) is 65.4 Å². The van der Waals surface area contributed by atoms with Crippen LogP contribution in [0.4, 0.5) is 0 Å². The third-order valence-corrected chi connectivity index (χ3v) is 8.47. The highest BCUT2D eigenvalue weighted by atomic mass is 35.5. The van der Waals surface area contributed by atoms with Crippen LogP contribution >= 0.6 is 12.4 Å². The molecule has 1 aromatic heterocycles. The first-order chi connectivity index (χ1) is 17.7. The number of methoxy groups -OCH3 is 1. The third-order valence-electron chi connectivity index (χ3n) is 8.47. The monoisotopic (exact) mass is 520 g/mol. The van der Waals surface area contributed by atoms with Crippen molar-refractivity contribution in [1.29, 1.82) is 5.26 Å². The molecule has 0 saturated heterocycles. The molecule has 2 aromatic carbocycles. The minimum atomic E-state index is 0. The highest BCUT2D eigenvalue weighted by molar-refractivity contribution is 5.86. The van der Waals surface area contributed by atoms with Crippen molar-refractivity contribution in [1.82, 2.24) is 9.88 Å². The second-order valence-corrected chi connectivity index (χ2v) is 10.8. The smallest absolute Gasteiger partial charge is 0.119 e. The molecule has 3 aromatic rings. The molecule has 5 rings (SSSR count). The number of aromatic nitrogens is 1. The Labute approximate surface area is 227 Å². The van der Waals surface area contributed by atoms with E-state index in [0.29, 0.717) is 18.1 Å². The average Bonchev–Trinajstić information content (AvgIpc) is 3.31. The maximum Gasteiger partial charge on any atom is 0.119 e. The first-order valence-electron chi connectivity index (χ1n) is 13.8. The van der Waals surface area contributed by atoms with E-state index in [4.69, 9.17) is 10.5 Å². The van der Waals surface area contributed by atoms with E-state index in [1.54, 1.807) is 7.11 Å². The van der Waals surface area contributed by atoms with Crippen molar-refractivity contribution in [3.8, 4) is 11.8 Å². The summed E-state index contributed by atoms with van der Waals surface area (Å²) in [5.74, 6) is 1.11. The number of hydrogen-bond acceptors (Lipinski definition) is 4. The predicted octanol–water partition coefficient (Wildman–Crippen LogP) is 6.83. The van der Waals surface area contributed by atoms with Crippen LogP contribution in [0.25, 0.3) is 10.9 Å². The van der Waals surface area contributed by atoms with Gasteiger partial charge >= 0.3 is 0 Å². The second-order valence-electron chi connectivity index (χ2n) is 10.8. The van der Waals surface area contributed by atoms with Gasteiger partial charge in [0.25, 0.3) is 0 Å². The van der Waals surface area contributed by atoms with Crippen molar-refractivity contribution in [2.24, 2.45) is 5.73 Å². The number of fused-ring (bicyclic) bond motifs is 1. The van der Waals surface area contributed by atoms with Gasteiger partial charge in [-0.05, 0) is 92.9 Å². The largest absolute Gasteiger partial charge is 0.497 e. The molecule has 5 nitrogen and oxygen atoms in total. The number of hydrogen-bond donors (Lipinski definition) is 2. The van der Waals surface area contributed by atoms with Crippen molar-refractivity contribution >= 4 is 23.3 Å². The Morgan fingerprint density at radius 1 is 1.05 bits per heavy atom. The fourth-order valence-electron chi connectivity index (χ4n) is 6.40. The maximum atomic E-state index is 9.68. The minimum Gasteiger partial charge on any atom is -0.497 e. The summed E-state index contributed by atoms with van der Waals surface area (Å²) >= 11 is 0.